The Morgan fingerprint density at radius 2 is 1.79 bits per heavy atom. The van der Waals surface area contributed by atoms with E-state index in [4.69, 9.17) is 0 Å². The van der Waals surface area contributed by atoms with E-state index in [2.05, 4.69) is 41.5 Å². The second-order valence-corrected chi connectivity index (χ2v) is 7.72. The number of nitrogens with one attached hydrogen (secondary N) is 2. The van der Waals surface area contributed by atoms with Crippen LogP contribution in [0.3, 0.4) is 0 Å². The van der Waals surface area contributed by atoms with Crippen molar-refractivity contribution >= 4 is 17.7 Å². The van der Waals surface area contributed by atoms with Crippen LogP contribution in [0.5, 0.6) is 0 Å². The summed E-state index contributed by atoms with van der Waals surface area (Å²) in [6, 6.07) is 7.92. The van der Waals surface area contributed by atoms with E-state index in [9.17, 15) is 9.59 Å². The number of carbonyl (C=O) groups is 1. The highest BCUT2D eigenvalue weighted by atomic mass is 32.2. The molecule has 1 amide bonds. The molecule has 2 aromatic rings. The van der Waals surface area contributed by atoms with Gasteiger partial charge in [-0.25, -0.2) is 5.10 Å². The smallest absolute Gasteiger partial charge is 0.277 e. The number of hydrogen-bond acceptors (Lipinski definition) is 4. The topological polar surface area (TPSA) is 74.8 Å². The van der Waals surface area contributed by atoms with Gasteiger partial charge in [-0.15, -0.1) is 11.8 Å². The van der Waals surface area contributed by atoms with Crippen LogP contribution in [0, 0.1) is 13.8 Å². The molecule has 0 fully saturated rings. The molecule has 1 aromatic heterocycles. The van der Waals surface area contributed by atoms with Gasteiger partial charge in [-0.3, -0.25) is 9.59 Å². The van der Waals surface area contributed by atoms with Gasteiger partial charge in [0.15, 0.2) is 0 Å². The van der Waals surface area contributed by atoms with Crippen LogP contribution < -0.4 is 10.9 Å². The first-order chi connectivity index (χ1) is 11.3. The van der Waals surface area contributed by atoms with E-state index in [0.29, 0.717) is 16.5 Å². The number of carbonyl (C=O) groups excluding carboxylic acids is 1. The molecule has 0 unspecified atom stereocenters. The minimum absolute atomic E-state index is 0.126. The van der Waals surface area contributed by atoms with Crippen molar-refractivity contribution in [3.63, 3.8) is 0 Å². The van der Waals surface area contributed by atoms with Crippen molar-refractivity contribution in [2.75, 3.05) is 0 Å². The van der Waals surface area contributed by atoms with Crippen LogP contribution >= 0.6 is 11.8 Å². The molecule has 24 heavy (non-hydrogen) atoms. The van der Waals surface area contributed by atoms with Crippen molar-refractivity contribution in [1.29, 1.82) is 0 Å². The molecule has 0 radical (unpaired) electrons. The number of aromatic nitrogens is 2. The highest BCUT2D eigenvalue weighted by Crippen LogP contribution is 2.24. The molecule has 0 spiro atoms. The number of thioether (sulfide) groups is 1. The standard InChI is InChI=1S/C18H23N3O2S/c1-10(2)24-15-8-6-14(7-9-15)13(5)19-17(22)16-11(3)12(4)20-21-18(16)23/h6-10,13H,1-5H3,(H,19,22)(H,21,23)/t13-/m1/s1. The number of hydrogen-bond donors (Lipinski definition) is 2. The van der Waals surface area contributed by atoms with Gasteiger partial charge in [-0.05, 0) is 44.0 Å². The van der Waals surface area contributed by atoms with E-state index in [0.717, 1.165) is 5.56 Å². The largest absolute Gasteiger partial charge is 0.345 e. The molecule has 0 aliphatic heterocycles. The molecule has 2 rings (SSSR count). The summed E-state index contributed by atoms with van der Waals surface area (Å²) in [5.41, 5.74) is 1.90. The molecule has 0 saturated heterocycles. The van der Waals surface area contributed by atoms with Gasteiger partial charge >= 0.3 is 0 Å². The van der Waals surface area contributed by atoms with E-state index in [1.165, 1.54) is 4.90 Å². The zero-order valence-corrected chi connectivity index (χ0v) is 15.5. The SMILES string of the molecule is Cc1n[nH]c(=O)c(C(=O)N[C@H](C)c2ccc(SC(C)C)cc2)c1C. The van der Waals surface area contributed by atoms with Crippen LogP contribution in [-0.2, 0) is 0 Å². The highest BCUT2D eigenvalue weighted by Gasteiger charge is 2.18. The summed E-state index contributed by atoms with van der Waals surface area (Å²) in [5.74, 6) is -0.382. The van der Waals surface area contributed by atoms with Crippen molar-refractivity contribution in [2.24, 2.45) is 0 Å². The lowest BCUT2D eigenvalue weighted by atomic mass is 10.1. The number of rotatable bonds is 5. The molecule has 0 bridgehead atoms. The Bertz CT molecular complexity index is 782. The first-order valence-corrected chi connectivity index (χ1v) is 8.81. The van der Waals surface area contributed by atoms with Crippen LogP contribution in [-0.4, -0.2) is 21.4 Å². The average Bonchev–Trinajstić information content (AvgIpc) is 2.51. The van der Waals surface area contributed by atoms with Gasteiger partial charge in [0.1, 0.15) is 5.56 Å². The molecule has 1 heterocycles. The Hall–Kier alpha value is -2.08. The maximum atomic E-state index is 12.5. The Morgan fingerprint density at radius 1 is 1.17 bits per heavy atom. The van der Waals surface area contributed by atoms with Crippen molar-refractivity contribution in [3.8, 4) is 0 Å². The van der Waals surface area contributed by atoms with Gasteiger partial charge in [0.25, 0.3) is 11.5 Å². The van der Waals surface area contributed by atoms with Crippen molar-refractivity contribution < 1.29 is 4.79 Å². The minimum atomic E-state index is -0.466. The van der Waals surface area contributed by atoms with Crippen molar-refractivity contribution in [3.05, 3.63) is 57.0 Å². The summed E-state index contributed by atoms with van der Waals surface area (Å²) in [6.45, 7) is 9.70. The van der Waals surface area contributed by atoms with Crippen LogP contribution in [0.4, 0.5) is 0 Å². The van der Waals surface area contributed by atoms with Gasteiger partial charge in [-0.2, -0.15) is 5.10 Å². The van der Waals surface area contributed by atoms with Gasteiger partial charge in [0, 0.05) is 10.1 Å². The molecule has 128 valence electrons. The zero-order valence-electron chi connectivity index (χ0n) is 14.6. The zero-order chi connectivity index (χ0) is 17.9. The third-order valence-corrected chi connectivity index (χ3v) is 4.81. The molecule has 1 aromatic carbocycles. The summed E-state index contributed by atoms with van der Waals surface area (Å²) >= 11 is 1.80. The number of aryl methyl sites for hydroxylation is 1. The normalized spacial score (nSPS) is 12.2. The van der Waals surface area contributed by atoms with Gasteiger partial charge in [0.05, 0.1) is 11.7 Å². The van der Waals surface area contributed by atoms with Crippen LogP contribution in [0.15, 0.2) is 34.0 Å². The summed E-state index contributed by atoms with van der Waals surface area (Å²) in [6.07, 6.45) is 0. The van der Waals surface area contributed by atoms with Crippen LogP contribution in [0.2, 0.25) is 0 Å². The van der Waals surface area contributed by atoms with E-state index in [-0.39, 0.29) is 17.5 Å². The van der Waals surface area contributed by atoms with E-state index in [1.54, 1.807) is 25.6 Å². The molecular weight excluding hydrogens is 322 g/mol. The van der Waals surface area contributed by atoms with Gasteiger partial charge < -0.3 is 5.32 Å². The second-order valence-electron chi connectivity index (χ2n) is 6.07. The fourth-order valence-corrected chi connectivity index (χ4v) is 3.20. The van der Waals surface area contributed by atoms with E-state index >= 15 is 0 Å². The Labute approximate surface area is 146 Å². The monoisotopic (exact) mass is 345 g/mol. The molecule has 0 saturated carbocycles. The summed E-state index contributed by atoms with van der Waals surface area (Å²) in [5, 5.41) is 9.65. The maximum Gasteiger partial charge on any atom is 0.277 e. The number of benzene rings is 1. The number of amides is 1. The van der Waals surface area contributed by atoms with Gasteiger partial charge in [-0.1, -0.05) is 26.0 Å². The van der Waals surface area contributed by atoms with E-state index in [1.807, 2.05) is 19.1 Å². The molecule has 6 heteroatoms. The predicted octanol–water partition coefficient (Wildman–Crippen LogP) is 3.38. The summed E-state index contributed by atoms with van der Waals surface area (Å²) in [7, 11) is 0. The third-order valence-electron chi connectivity index (χ3n) is 3.80. The first kappa shape index (κ1) is 18.3. The summed E-state index contributed by atoms with van der Waals surface area (Å²) in [4.78, 5) is 25.6. The van der Waals surface area contributed by atoms with Crippen molar-refractivity contribution in [1.82, 2.24) is 15.5 Å². The second kappa shape index (κ2) is 7.66. The van der Waals surface area contributed by atoms with Gasteiger partial charge in [0.2, 0.25) is 0 Å². The fraction of sp³-hybridized carbons (Fsp3) is 0.389. The number of H-pyrrole nitrogens is 1. The fourth-order valence-electron chi connectivity index (χ4n) is 2.36. The molecule has 2 N–H and O–H groups in total. The lowest BCUT2D eigenvalue weighted by Crippen LogP contribution is -2.33. The van der Waals surface area contributed by atoms with Crippen LogP contribution in [0.1, 0.15) is 54.0 Å². The Balaban J connectivity index is 2.15. The quantitative estimate of drug-likeness (QED) is 0.815. The third kappa shape index (κ3) is 4.26. The molecule has 0 aliphatic carbocycles. The van der Waals surface area contributed by atoms with Crippen molar-refractivity contribution in [2.45, 2.75) is 50.8 Å². The molecular formula is C18H23N3O2S. The maximum absolute atomic E-state index is 12.5. The average molecular weight is 345 g/mol. The number of nitrogens with zero attached hydrogens (tertiary/aromatic N) is 1. The highest BCUT2D eigenvalue weighted by molar-refractivity contribution is 7.99. The summed E-state index contributed by atoms with van der Waals surface area (Å²) < 4.78 is 0. The molecule has 0 aliphatic rings. The Morgan fingerprint density at radius 3 is 2.38 bits per heavy atom. The van der Waals surface area contributed by atoms with Crippen LogP contribution in [0.25, 0.3) is 0 Å². The first-order valence-electron chi connectivity index (χ1n) is 7.93. The Kier molecular flexibility index (Phi) is 5.83. The predicted molar refractivity (Wildman–Crippen MR) is 97.6 cm³/mol. The van der Waals surface area contributed by atoms with E-state index < -0.39 is 5.56 Å². The minimum Gasteiger partial charge on any atom is -0.345 e. The molecule has 1 atom stereocenters. The molecule has 5 nitrogen and oxygen atoms in total. The lowest BCUT2D eigenvalue weighted by Gasteiger charge is -2.16. The number of aromatic amines is 1. The lowest BCUT2D eigenvalue weighted by molar-refractivity contribution is 0.0937.